The van der Waals surface area contributed by atoms with E-state index < -0.39 is 12.1 Å². The first-order valence-corrected chi connectivity index (χ1v) is 3.72. The van der Waals surface area contributed by atoms with Crippen LogP contribution in [0.2, 0.25) is 0 Å². The van der Waals surface area contributed by atoms with Crippen LogP contribution in [0.25, 0.3) is 0 Å². The van der Waals surface area contributed by atoms with Gasteiger partial charge in [0, 0.05) is 5.56 Å². The Kier molecular flexibility index (Phi) is 2.51. The Morgan fingerprint density at radius 2 is 2.15 bits per heavy atom. The van der Waals surface area contributed by atoms with Crippen LogP contribution in [-0.2, 0) is 0 Å². The topological polar surface area (TPSA) is 57.5 Å². The standard InChI is InChI=1S/C9H9FO3/c1-5(10)8-4-6(11)2-3-7(8)9(12)13/h2-5,11H,1H3,(H,12,13). The lowest BCUT2D eigenvalue weighted by molar-refractivity contribution is 0.0693. The fourth-order valence-electron chi connectivity index (χ4n) is 1.07. The molecule has 0 radical (unpaired) electrons. The molecule has 3 nitrogen and oxygen atoms in total. The van der Waals surface area contributed by atoms with Crippen molar-refractivity contribution in [2.24, 2.45) is 0 Å². The quantitative estimate of drug-likeness (QED) is 0.740. The van der Waals surface area contributed by atoms with E-state index in [4.69, 9.17) is 10.2 Å². The number of alkyl halides is 1. The van der Waals surface area contributed by atoms with Gasteiger partial charge in [0.15, 0.2) is 0 Å². The summed E-state index contributed by atoms with van der Waals surface area (Å²) in [5, 5.41) is 17.7. The molecule has 2 N–H and O–H groups in total. The molecule has 0 heterocycles. The van der Waals surface area contributed by atoms with Crippen LogP contribution in [0.15, 0.2) is 18.2 Å². The van der Waals surface area contributed by atoms with Crippen molar-refractivity contribution in [3.05, 3.63) is 29.3 Å². The normalized spacial score (nSPS) is 12.5. The van der Waals surface area contributed by atoms with Gasteiger partial charge in [0.2, 0.25) is 0 Å². The summed E-state index contributed by atoms with van der Waals surface area (Å²) in [6.45, 7) is 1.22. The molecule has 70 valence electrons. The average Bonchev–Trinajstić information content (AvgIpc) is 2.03. The van der Waals surface area contributed by atoms with E-state index in [0.29, 0.717) is 0 Å². The molecule has 0 spiro atoms. The second-order valence-corrected chi connectivity index (χ2v) is 2.69. The maximum absolute atomic E-state index is 12.9. The van der Waals surface area contributed by atoms with Gasteiger partial charge in [-0.3, -0.25) is 0 Å². The molecule has 0 amide bonds. The second kappa shape index (κ2) is 3.43. The van der Waals surface area contributed by atoms with Crippen LogP contribution in [-0.4, -0.2) is 16.2 Å². The number of rotatable bonds is 2. The Morgan fingerprint density at radius 3 is 2.62 bits per heavy atom. The first-order valence-electron chi connectivity index (χ1n) is 3.72. The largest absolute Gasteiger partial charge is 0.508 e. The SMILES string of the molecule is CC(F)c1cc(O)ccc1C(=O)O. The lowest BCUT2D eigenvalue weighted by Gasteiger charge is -2.06. The molecule has 1 unspecified atom stereocenters. The molecule has 0 aliphatic carbocycles. The number of phenols is 1. The monoisotopic (exact) mass is 184 g/mol. The minimum atomic E-state index is -1.40. The van der Waals surface area contributed by atoms with Gasteiger partial charge in [0.1, 0.15) is 11.9 Å². The third kappa shape index (κ3) is 1.96. The molecule has 13 heavy (non-hydrogen) atoms. The Morgan fingerprint density at radius 1 is 1.54 bits per heavy atom. The smallest absolute Gasteiger partial charge is 0.336 e. The summed E-state index contributed by atoms with van der Waals surface area (Å²) < 4.78 is 12.9. The molecule has 1 aromatic carbocycles. The van der Waals surface area contributed by atoms with Gasteiger partial charge < -0.3 is 10.2 Å². The first-order chi connectivity index (χ1) is 6.02. The van der Waals surface area contributed by atoms with Gasteiger partial charge >= 0.3 is 5.97 Å². The number of carbonyl (C=O) groups is 1. The number of hydrogen-bond acceptors (Lipinski definition) is 2. The van der Waals surface area contributed by atoms with Gasteiger partial charge in [-0.05, 0) is 25.1 Å². The van der Waals surface area contributed by atoms with E-state index in [-0.39, 0.29) is 16.9 Å². The zero-order chi connectivity index (χ0) is 10.0. The van der Waals surface area contributed by atoms with Crippen LogP contribution < -0.4 is 0 Å². The van der Waals surface area contributed by atoms with Crippen LogP contribution >= 0.6 is 0 Å². The zero-order valence-corrected chi connectivity index (χ0v) is 6.99. The van der Waals surface area contributed by atoms with Crippen LogP contribution in [0.1, 0.15) is 29.0 Å². The predicted molar refractivity (Wildman–Crippen MR) is 44.6 cm³/mol. The summed E-state index contributed by atoms with van der Waals surface area (Å²) >= 11 is 0. The summed E-state index contributed by atoms with van der Waals surface area (Å²) in [6, 6.07) is 3.52. The van der Waals surface area contributed by atoms with Crippen LogP contribution in [0.4, 0.5) is 4.39 Å². The number of hydrogen-bond donors (Lipinski definition) is 2. The highest BCUT2D eigenvalue weighted by Gasteiger charge is 2.15. The van der Waals surface area contributed by atoms with Crippen molar-refractivity contribution in [2.45, 2.75) is 13.1 Å². The number of carboxylic acid groups (broad SMARTS) is 1. The number of aromatic hydroxyl groups is 1. The predicted octanol–water partition coefficient (Wildman–Crippen LogP) is 2.12. The first kappa shape index (κ1) is 9.51. The van der Waals surface area contributed by atoms with E-state index in [1.807, 2.05) is 0 Å². The minimum absolute atomic E-state index is 0.00694. The minimum Gasteiger partial charge on any atom is -0.508 e. The van der Waals surface area contributed by atoms with Crippen molar-refractivity contribution in [3.8, 4) is 5.75 Å². The molecule has 4 heteroatoms. The Labute approximate surface area is 74.4 Å². The van der Waals surface area contributed by atoms with Gasteiger partial charge in [-0.2, -0.15) is 0 Å². The van der Waals surface area contributed by atoms with E-state index in [9.17, 15) is 9.18 Å². The van der Waals surface area contributed by atoms with Crippen LogP contribution in [0.5, 0.6) is 5.75 Å². The molecule has 0 saturated carbocycles. The summed E-state index contributed by atoms with van der Waals surface area (Å²) in [7, 11) is 0. The molecule has 0 saturated heterocycles. The zero-order valence-electron chi connectivity index (χ0n) is 6.99. The maximum Gasteiger partial charge on any atom is 0.336 e. The summed E-state index contributed by atoms with van der Waals surface area (Å²) in [6.07, 6.45) is -1.40. The lowest BCUT2D eigenvalue weighted by atomic mass is 10.0. The molecule has 0 aromatic heterocycles. The lowest BCUT2D eigenvalue weighted by Crippen LogP contribution is -2.02. The van der Waals surface area contributed by atoms with E-state index in [2.05, 4.69) is 0 Å². The number of benzene rings is 1. The number of aromatic carboxylic acids is 1. The van der Waals surface area contributed by atoms with Gasteiger partial charge in [-0.25, -0.2) is 9.18 Å². The average molecular weight is 184 g/mol. The molecule has 1 atom stereocenters. The van der Waals surface area contributed by atoms with Crippen LogP contribution in [0, 0.1) is 0 Å². The Bertz CT molecular complexity index is 334. The molecule has 1 aromatic rings. The maximum atomic E-state index is 12.9. The van der Waals surface area contributed by atoms with E-state index in [1.165, 1.54) is 19.1 Å². The van der Waals surface area contributed by atoms with Crippen molar-refractivity contribution >= 4 is 5.97 Å². The highest BCUT2D eigenvalue weighted by molar-refractivity contribution is 5.89. The molecule has 1 rings (SSSR count). The molecule has 0 fully saturated rings. The number of carboxylic acids is 1. The molecular weight excluding hydrogens is 175 g/mol. The van der Waals surface area contributed by atoms with Gasteiger partial charge in [0.25, 0.3) is 0 Å². The fraction of sp³-hybridized carbons (Fsp3) is 0.222. The van der Waals surface area contributed by atoms with Crippen molar-refractivity contribution in [1.29, 1.82) is 0 Å². The Hall–Kier alpha value is -1.58. The highest BCUT2D eigenvalue weighted by Crippen LogP contribution is 2.25. The van der Waals surface area contributed by atoms with Crippen LogP contribution in [0.3, 0.4) is 0 Å². The molecular formula is C9H9FO3. The second-order valence-electron chi connectivity index (χ2n) is 2.69. The van der Waals surface area contributed by atoms with Crippen molar-refractivity contribution in [3.63, 3.8) is 0 Å². The van der Waals surface area contributed by atoms with Gasteiger partial charge in [0.05, 0.1) is 5.56 Å². The summed E-state index contributed by atoms with van der Waals surface area (Å²) in [4.78, 5) is 10.6. The van der Waals surface area contributed by atoms with Crippen molar-refractivity contribution in [1.82, 2.24) is 0 Å². The van der Waals surface area contributed by atoms with Crippen molar-refractivity contribution < 1.29 is 19.4 Å². The third-order valence-corrected chi connectivity index (χ3v) is 1.69. The van der Waals surface area contributed by atoms with Gasteiger partial charge in [-0.1, -0.05) is 0 Å². The number of halogens is 1. The van der Waals surface area contributed by atoms with E-state index >= 15 is 0 Å². The fourth-order valence-corrected chi connectivity index (χ4v) is 1.07. The van der Waals surface area contributed by atoms with E-state index in [1.54, 1.807) is 0 Å². The summed E-state index contributed by atoms with van der Waals surface area (Å²) in [5.74, 6) is -1.33. The third-order valence-electron chi connectivity index (χ3n) is 1.69. The summed E-state index contributed by atoms with van der Waals surface area (Å²) in [5.41, 5.74) is -0.125. The molecule has 0 bridgehead atoms. The Balaban J connectivity index is 3.26. The van der Waals surface area contributed by atoms with Crippen molar-refractivity contribution in [2.75, 3.05) is 0 Å². The van der Waals surface area contributed by atoms with E-state index in [0.717, 1.165) is 6.07 Å². The molecule has 0 aliphatic rings. The van der Waals surface area contributed by atoms with Gasteiger partial charge in [-0.15, -0.1) is 0 Å². The highest BCUT2D eigenvalue weighted by atomic mass is 19.1. The molecule has 0 aliphatic heterocycles. The number of phenolic OH excluding ortho intramolecular Hbond substituents is 1.